The van der Waals surface area contributed by atoms with Crippen LogP contribution >= 0.6 is 11.6 Å². The molecule has 0 atom stereocenters. The average Bonchev–Trinajstić information content (AvgIpc) is 2.33. The normalized spacial score (nSPS) is 24.6. The SMILES string of the molecule is NC1CCC(C(=O)Cc2ccccc2Cl)CC1. The first-order valence-corrected chi connectivity index (χ1v) is 6.56. The maximum atomic E-state index is 12.1. The maximum Gasteiger partial charge on any atom is 0.140 e. The monoisotopic (exact) mass is 251 g/mol. The third kappa shape index (κ3) is 3.30. The van der Waals surface area contributed by atoms with Crippen molar-refractivity contribution in [2.24, 2.45) is 11.7 Å². The number of halogens is 1. The van der Waals surface area contributed by atoms with Crippen LogP contribution in [0.25, 0.3) is 0 Å². The fraction of sp³-hybridized carbons (Fsp3) is 0.500. The van der Waals surface area contributed by atoms with Gasteiger partial charge in [-0.2, -0.15) is 0 Å². The summed E-state index contributed by atoms with van der Waals surface area (Å²) in [6.07, 6.45) is 4.27. The highest BCUT2D eigenvalue weighted by molar-refractivity contribution is 6.31. The van der Waals surface area contributed by atoms with Crippen molar-refractivity contribution in [1.82, 2.24) is 0 Å². The third-order valence-corrected chi connectivity index (χ3v) is 3.92. The van der Waals surface area contributed by atoms with Crippen molar-refractivity contribution in [3.8, 4) is 0 Å². The number of nitrogens with two attached hydrogens (primary N) is 1. The van der Waals surface area contributed by atoms with Crippen LogP contribution in [-0.2, 0) is 11.2 Å². The zero-order valence-electron chi connectivity index (χ0n) is 9.86. The van der Waals surface area contributed by atoms with Crippen LogP contribution in [-0.4, -0.2) is 11.8 Å². The molecular weight excluding hydrogens is 234 g/mol. The Morgan fingerprint density at radius 2 is 1.88 bits per heavy atom. The fourth-order valence-corrected chi connectivity index (χ4v) is 2.62. The molecular formula is C14H18ClNO. The molecule has 2 nitrogen and oxygen atoms in total. The van der Waals surface area contributed by atoms with Crippen molar-refractivity contribution in [2.75, 3.05) is 0 Å². The van der Waals surface area contributed by atoms with E-state index >= 15 is 0 Å². The minimum atomic E-state index is 0.186. The van der Waals surface area contributed by atoms with Gasteiger partial charge in [-0.1, -0.05) is 29.8 Å². The lowest BCUT2D eigenvalue weighted by atomic mass is 9.82. The van der Waals surface area contributed by atoms with E-state index in [1.165, 1.54) is 0 Å². The molecule has 0 radical (unpaired) electrons. The summed E-state index contributed by atoms with van der Waals surface area (Å²) in [4.78, 5) is 12.1. The van der Waals surface area contributed by atoms with Crippen LogP contribution in [0.4, 0.5) is 0 Å². The molecule has 0 heterocycles. The van der Waals surface area contributed by atoms with Crippen molar-refractivity contribution in [1.29, 1.82) is 0 Å². The molecule has 1 aliphatic rings. The van der Waals surface area contributed by atoms with Gasteiger partial charge in [-0.25, -0.2) is 0 Å². The number of rotatable bonds is 3. The topological polar surface area (TPSA) is 43.1 Å². The van der Waals surface area contributed by atoms with Crippen LogP contribution in [0.2, 0.25) is 5.02 Å². The molecule has 1 aliphatic carbocycles. The Labute approximate surface area is 107 Å². The summed E-state index contributed by atoms with van der Waals surface area (Å²) in [5.41, 5.74) is 6.78. The van der Waals surface area contributed by atoms with Gasteiger partial charge in [0.05, 0.1) is 0 Å². The van der Waals surface area contributed by atoms with Gasteiger partial charge in [0, 0.05) is 23.4 Å². The van der Waals surface area contributed by atoms with Gasteiger partial charge in [0.2, 0.25) is 0 Å². The standard InChI is InChI=1S/C14H18ClNO/c15-13-4-2-1-3-11(13)9-14(17)10-5-7-12(16)8-6-10/h1-4,10,12H,5-9,16H2. The number of carbonyl (C=O) groups excluding carboxylic acids is 1. The zero-order chi connectivity index (χ0) is 12.3. The molecule has 1 aromatic carbocycles. The van der Waals surface area contributed by atoms with Crippen LogP contribution in [0.15, 0.2) is 24.3 Å². The lowest BCUT2D eigenvalue weighted by Crippen LogP contribution is -2.30. The predicted molar refractivity (Wildman–Crippen MR) is 70.1 cm³/mol. The number of Topliss-reactive ketones (excluding diaryl/α,β-unsaturated/α-hetero) is 1. The van der Waals surface area contributed by atoms with Gasteiger partial charge in [-0.15, -0.1) is 0 Å². The molecule has 1 fully saturated rings. The molecule has 1 aromatic rings. The van der Waals surface area contributed by atoms with Crippen molar-refractivity contribution in [3.63, 3.8) is 0 Å². The summed E-state index contributed by atoms with van der Waals surface area (Å²) in [5, 5.41) is 0.688. The van der Waals surface area contributed by atoms with Gasteiger partial charge in [-0.05, 0) is 37.3 Å². The Balaban J connectivity index is 1.95. The van der Waals surface area contributed by atoms with Gasteiger partial charge in [0.15, 0.2) is 0 Å². The zero-order valence-corrected chi connectivity index (χ0v) is 10.6. The van der Waals surface area contributed by atoms with Gasteiger partial charge in [0.25, 0.3) is 0 Å². The summed E-state index contributed by atoms with van der Waals surface area (Å²) in [5.74, 6) is 0.496. The minimum absolute atomic E-state index is 0.186. The summed E-state index contributed by atoms with van der Waals surface area (Å²) in [6.45, 7) is 0. The van der Waals surface area contributed by atoms with E-state index in [-0.39, 0.29) is 5.92 Å². The minimum Gasteiger partial charge on any atom is -0.328 e. The van der Waals surface area contributed by atoms with Crippen LogP contribution in [0, 0.1) is 5.92 Å². The molecule has 0 amide bonds. The number of hydrogen-bond donors (Lipinski definition) is 1. The van der Waals surface area contributed by atoms with E-state index in [1.807, 2.05) is 24.3 Å². The van der Waals surface area contributed by atoms with E-state index in [2.05, 4.69) is 0 Å². The van der Waals surface area contributed by atoms with E-state index in [0.717, 1.165) is 31.2 Å². The maximum absolute atomic E-state index is 12.1. The fourth-order valence-electron chi connectivity index (χ4n) is 2.41. The summed E-state index contributed by atoms with van der Waals surface area (Å²) in [6, 6.07) is 7.86. The molecule has 0 saturated heterocycles. The van der Waals surface area contributed by atoms with Crippen molar-refractivity contribution >= 4 is 17.4 Å². The molecule has 0 aliphatic heterocycles. The second kappa shape index (κ2) is 5.65. The molecule has 2 rings (SSSR count). The molecule has 0 spiro atoms. The van der Waals surface area contributed by atoms with Crippen LogP contribution in [0.1, 0.15) is 31.2 Å². The molecule has 92 valence electrons. The van der Waals surface area contributed by atoms with Crippen molar-refractivity contribution in [2.45, 2.75) is 38.1 Å². The van der Waals surface area contributed by atoms with Gasteiger partial charge in [-0.3, -0.25) is 4.79 Å². The Bertz CT molecular complexity index is 397. The molecule has 0 bridgehead atoms. The van der Waals surface area contributed by atoms with E-state index < -0.39 is 0 Å². The van der Waals surface area contributed by atoms with E-state index in [0.29, 0.717) is 23.3 Å². The van der Waals surface area contributed by atoms with Crippen molar-refractivity contribution in [3.05, 3.63) is 34.9 Å². The largest absolute Gasteiger partial charge is 0.328 e. The van der Waals surface area contributed by atoms with E-state index in [4.69, 9.17) is 17.3 Å². The van der Waals surface area contributed by atoms with Crippen LogP contribution in [0.5, 0.6) is 0 Å². The first kappa shape index (κ1) is 12.6. The lowest BCUT2D eigenvalue weighted by molar-refractivity contribution is -0.123. The highest BCUT2D eigenvalue weighted by Gasteiger charge is 2.24. The van der Waals surface area contributed by atoms with Gasteiger partial charge < -0.3 is 5.73 Å². The second-order valence-electron chi connectivity index (χ2n) is 4.85. The molecule has 17 heavy (non-hydrogen) atoms. The summed E-state index contributed by atoms with van der Waals surface area (Å²) < 4.78 is 0. The molecule has 2 N–H and O–H groups in total. The Kier molecular flexibility index (Phi) is 4.19. The van der Waals surface area contributed by atoms with Gasteiger partial charge in [0.1, 0.15) is 5.78 Å². The summed E-state index contributed by atoms with van der Waals surface area (Å²) in [7, 11) is 0. The Morgan fingerprint density at radius 3 is 2.53 bits per heavy atom. The third-order valence-electron chi connectivity index (χ3n) is 3.55. The Morgan fingerprint density at radius 1 is 1.24 bits per heavy atom. The van der Waals surface area contributed by atoms with Gasteiger partial charge >= 0.3 is 0 Å². The first-order valence-electron chi connectivity index (χ1n) is 6.18. The molecule has 3 heteroatoms. The number of hydrogen-bond acceptors (Lipinski definition) is 2. The summed E-state index contributed by atoms with van der Waals surface area (Å²) >= 11 is 6.06. The highest BCUT2D eigenvalue weighted by Crippen LogP contribution is 2.26. The average molecular weight is 252 g/mol. The molecule has 0 unspecified atom stereocenters. The van der Waals surface area contributed by atoms with Crippen molar-refractivity contribution < 1.29 is 4.79 Å². The quantitative estimate of drug-likeness (QED) is 0.898. The lowest BCUT2D eigenvalue weighted by Gasteiger charge is -2.25. The first-order chi connectivity index (χ1) is 8.16. The van der Waals surface area contributed by atoms with E-state index in [1.54, 1.807) is 0 Å². The van der Waals surface area contributed by atoms with E-state index in [9.17, 15) is 4.79 Å². The number of carbonyl (C=O) groups is 1. The smallest absolute Gasteiger partial charge is 0.140 e. The molecule has 0 aromatic heterocycles. The Hall–Kier alpha value is -0.860. The number of ketones is 1. The van der Waals surface area contributed by atoms with Crippen LogP contribution < -0.4 is 5.73 Å². The predicted octanol–water partition coefficient (Wildman–Crippen LogP) is 2.97. The van der Waals surface area contributed by atoms with Crippen LogP contribution in [0.3, 0.4) is 0 Å². The second-order valence-corrected chi connectivity index (χ2v) is 5.25. The number of benzene rings is 1. The molecule has 1 saturated carbocycles. The highest BCUT2D eigenvalue weighted by atomic mass is 35.5.